The van der Waals surface area contributed by atoms with Crippen molar-refractivity contribution in [3.05, 3.63) is 63.9 Å². The van der Waals surface area contributed by atoms with Crippen LogP contribution >= 0.6 is 0 Å². The van der Waals surface area contributed by atoms with Gasteiger partial charge in [-0.2, -0.15) is 12.7 Å². The van der Waals surface area contributed by atoms with Crippen LogP contribution in [-0.4, -0.2) is 92.8 Å². The van der Waals surface area contributed by atoms with Gasteiger partial charge in [-0.3, -0.25) is 9.59 Å². The molecule has 0 radical (unpaired) electrons. The summed E-state index contributed by atoms with van der Waals surface area (Å²) in [6, 6.07) is 6.77. The molecule has 3 aliphatic heterocycles. The number of fused-ring (bicyclic) bond motifs is 7. The van der Waals surface area contributed by atoms with Gasteiger partial charge in [-0.05, 0) is 85.4 Å². The normalized spacial score (nSPS) is 27.5. The standard InChI is InChI=1S/C37H47N5O5S/c1-39(2)48(45,46)38-36(43)34-28-20-42-29(18-27-31(47-4)16-15-24(35(27)42)22-10-6-5-7-11-22)32-25(33(28)34)13-8-14-26(32)37(44)41-17-9-12-23-19-40(3)21-30(23)41/h8,13,15-16,18,22-23,26,30,32H,5-7,9-12,14,17,19-21H2,1-4H3,(H,38,43)/t23-,26-,30+,32?/m1/s1. The zero-order valence-electron chi connectivity index (χ0n) is 28.5. The lowest BCUT2D eigenvalue weighted by Gasteiger charge is -2.41. The van der Waals surface area contributed by atoms with Crippen molar-refractivity contribution >= 4 is 32.9 Å². The SMILES string of the molecule is COc1ccc(C2CCCCC2)c2c1cc1n2CC2=C(C(=O)NS(=O)(=O)N(C)C)C2=C2C=CC[C@@H](C(=O)N3CCC[C@@H]4CN(C)C[C@@H]43)C21. The van der Waals surface area contributed by atoms with Crippen LogP contribution in [0.2, 0.25) is 0 Å². The first-order valence-electron chi connectivity index (χ1n) is 17.7. The van der Waals surface area contributed by atoms with Gasteiger partial charge in [-0.25, -0.2) is 4.72 Å². The Bertz CT molecular complexity index is 1900. The first-order chi connectivity index (χ1) is 23.1. The third kappa shape index (κ3) is 5.07. The Hall–Kier alpha value is -3.41. The Labute approximate surface area is 283 Å². The van der Waals surface area contributed by atoms with Gasteiger partial charge in [0, 0.05) is 63.3 Å². The van der Waals surface area contributed by atoms with E-state index >= 15 is 0 Å². The second-order valence-corrected chi connectivity index (χ2v) is 16.8. The summed E-state index contributed by atoms with van der Waals surface area (Å²) in [6.45, 7) is 3.14. The second kappa shape index (κ2) is 11.9. The average Bonchev–Trinajstić information content (AvgIpc) is 3.52. The number of ether oxygens (including phenoxy) is 1. The molecule has 1 unspecified atom stereocenters. The fourth-order valence-corrected chi connectivity index (χ4v) is 10.2. The molecular formula is C37H47N5O5S. The molecular weight excluding hydrogens is 627 g/mol. The number of carbonyl (C=O) groups excluding carboxylic acids is 2. The zero-order chi connectivity index (χ0) is 33.5. The van der Waals surface area contributed by atoms with E-state index in [2.05, 4.69) is 56.5 Å². The minimum atomic E-state index is -3.98. The molecule has 6 aliphatic rings. The summed E-state index contributed by atoms with van der Waals surface area (Å²) >= 11 is 0. The molecule has 3 fully saturated rings. The number of piperidine rings is 1. The van der Waals surface area contributed by atoms with E-state index in [0.29, 0.717) is 30.4 Å². The molecule has 2 saturated heterocycles. The van der Waals surface area contributed by atoms with Crippen molar-refractivity contribution in [2.75, 3.05) is 47.9 Å². The number of likely N-dealkylation sites (N-methyl/N-ethyl adjacent to an activating group) is 1. The van der Waals surface area contributed by atoms with Gasteiger partial charge in [-0.15, -0.1) is 0 Å². The van der Waals surface area contributed by atoms with E-state index < -0.39 is 16.1 Å². The fourth-order valence-electron chi connectivity index (χ4n) is 9.65. The van der Waals surface area contributed by atoms with Gasteiger partial charge in [0.1, 0.15) is 5.75 Å². The number of aromatic nitrogens is 1. The number of allylic oxidation sites excluding steroid dienone is 4. The lowest BCUT2D eigenvalue weighted by atomic mass is 9.75. The van der Waals surface area contributed by atoms with Crippen LogP contribution in [0.5, 0.6) is 5.75 Å². The van der Waals surface area contributed by atoms with Crippen LogP contribution in [0.3, 0.4) is 0 Å². The Morgan fingerprint density at radius 2 is 1.83 bits per heavy atom. The summed E-state index contributed by atoms with van der Waals surface area (Å²) in [6.07, 6.45) is 12.9. The van der Waals surface area contributed by atoms with Gasteiger partial charge in [0.2, 0.25) is 5.91 Å². The average molecular weight is 674 g/mol. The number of benzene rings is 1. The van der Waals surface area contributed by atoms with Gasteiger partial charge in [0.05, 0.1) is 24.1 Å². The number of methoxy groups -OCH3 is 1. The van der Waals surface area contributed by atoms with Crippen molar-refractivity contribution in [3.63, 3.8) is 0 Å². The summed E-state index contributed by atoms with van der Waals surface area (Å²) in [7, 11) is 2.69. The van der Waals surface area contributed by atoms with Crippen LogP contribution in [0.1, 0.15) is 74.5 Å². The first-order valence-corrected chi connectivity index (χ1v) is 19.1. The molecule has 0 spiro atoms. The van der Waals surface area contributed by atoms with Crippen LogP contribution in [0.4, 0.5) is 0 Å². The molecule has 11 heteroatoms. The van der Waals surface area contributed by atoms with Crippen LogP contribution in [0.15, 0.2) is 52.6 Å². The van der Waals surface area contributed by atoms with Crippen molar-refractivity contribution in [2.45, 2.75) is 75.8 Å². The number of nitrogens with zero attached hydrogens (tertiary/aromatic N) is 4. The van der Waals surface area contributed by atoms with E-state index in [1.165, 1.54) is 38.9 Å². The van der Waals surface area contributed by atoms with Gasteiger partial charge < -0.3 is 19.1 Å². The molecule has 10 nitrogen and oxygen atoms in total. The highest BCUT2D eigenvalue weighted by molar-refractivity contribution is 7.87. The number of hydrogen-bond donors (Lipinski definition) is 1. The molecule has 1 aromatic carbocycles. The largest absolute Gasteiger partial charge is 0.496 e. The Kier molecular flexibility index (Phi) is 7.88. The van der Waals surface area contributed by atoms with Gasteiger partial charge >= 0.3 is 10.2 Å². The van der Waals surface area contributed by atoms with E-state index in [1.807, 2.05) is 0 Å². The summed E-state index contributed by atoms with van der Waals surface area (Å²) in [5.74, 6) is 0.700. The van der Waals surface area contributed by atoms with E-state index in [4.69, 9.17) is 4.74 Å². The summed E-state index contributed by atoms with van der Waals surface area (Å²) in [5, 5.41) is 1.04. The number of rotatable bonds is 6. The van der Waals surface area contributed by atoms with Crippen LogP contribution in [-0.2, 0) is 26.3 Å². The summed E-state index contributed by atoms with van der Waals surface area (Å²) in [5.41, 5.74) is 6.54. The third-order valence-electron chi connectivity index (χ3n) is 12.0. The molecule has 3 aliphatic carbocycles. The fraction of sp³-hybridized carbons (Fsp3) is 0.568. The third-order valence-corrected chi connectivity index (χ3v) is 13.4. The number of carbonyl (C=O) groups is 2. The maximum Gasteiger partial charge on any atom is 0.303 e. The molecule has 1 aromatic heterocycles. The highest BCUT2D eigenvalue weighted by atomic mass is 32.2. The molecule has 48 heavy (non-hydrogen) atoms. The Balaban J connectivity index is 1.29. The molecule has 1 N–H and O–H groups in total. The van der Waals surface area contributed by atoms with Crippen molar-refractivity contribution in [3.8, 4) is 5.75 Å². The van der Waals surface area contributed by atoms with Crippen molar-refractivity contribution < 1.29 is 22.7 Å². The summed E-state index contributed by atoms with van der Waals surface area (Å²) < 4.78 is 37.1. The molecule has 8 rings (SSSR count). The molecule has 1 saturated carbocycles. The minimum Gasteiger partial charge on any atom is -0.496 e. The quantitative estimate of drug-likeness (QED) is 0.486. The topological polar surface area (TPSA) is 104 Å². The Morgan fingerprint density at radius 3 is 2.58 bits per heavy atom. The van der Waals surface area contributed by atoms with Gasteiger partial charge in [-0.1, -0.05) is 37.5 Å². The highest BCUT2D eigenvalue weighted by Gasteiger charge is 2.50. The summed E-state index contributed by atoms with van der Waals surface area (Å²) in [4.78, 5) is 33.1. The van der Waals surface area contributed by atoms with Crippen LogP contribution in [0, 0.1) is 11.8 Å². The van der Waals surface area contributed by atoms with E-state index in [-0.39, 0.29) is 23.8 Å². The molecule has 4 heterocycles. The van der Waals surface area contributed by atoms with E-state index in [1.54, 1.807) is 7.11 Å². The second-order valence-electron chi connectivity index (χ2n) is 15.0. The van der Waals surface area contributed by atoms with Crippen molar-refractivity contribution in [1.82, 2.24) is 23.4 Å². The predicted octanol–water partition coefficient (Wildman–Crippen LogP) is 4.45. The monoisotopic (exact) mass is 673 g/mol. The number of amides is 2. The maximum atomic E-state index is 14.9. The van der Waals surface area contributed by atoms with Crippen LogP contribution < -0.4 is 9.46 Å². The number of nitrogens with one attached hydrogen (secondary N) is 1. The maximum absolute atomic E-state index is 14.9. The van der Waals surface area contributed by atoms with Gasteiger partial charge in [0.15, 0.2) is 0 Å². The molecule has 256 valence electrons. The minimum absolute atomic E-state index is 0.189. The smallest absolute Gasteiger partial charge is 0.303 e. The molecule has 4 atom stereocenters. The van der Waals surface area contributed by atoms with Crippen molar-refractivity contribution in [1.29, 1.82) is 0 Å². The predicted molar refractivity (Wildman–Crippen MR) is 185 cm³/mol. The van der Waals surface area contributed by atoms with Crippen molar-refractivity contribution in [2.24, 2.45) is 11.8 Å². The lowest BCUT2D eigenvalue weighted by Crippen LogP contribution is -2.51. The van der Waals surface area contributed by atoms with E-state index in [0.717, 1.165) is 88.7 Å². The van der Waals surface area contributed by atoms with E-state index in [9.17, 15) is 18.0 Å². The lowest BCUT2D eigenvalue weighted by molar-refractivity contribution is -0.140. The first kappa shape index (κ1) is 31.8. The molecule has 2 aromatic rings. The number of likely N-dealkylation sites (tertiary alicyclic amines) is 2. The van der Waals surface area contributed by atoms with Crippen LogP contribution in [0.25, 0.3) is 10.9 Å². The Morgan fingerprint density at radius 1 is 1.04 bits per heavy atom. The number of hydrogen-bond acceptors (Lipinski definition) is 6. The van der Waals surface area contributed by atoms with Gasteiger partial charge in [0.25, 0.3) is 5.91 Å². The molecule has 0 bridgehead atoms. The highest BCUT2D eigenvalue weighted by Crippen LogP contribution is 2.55. The molecule has 2 amide bonds. The zero-order valence-corrected chi connectivity index (χ0v) is 29.3.